The average Bonchev–Trinajstić information content (AvgIpc) is 3.53. The molecule has 0 fully saturated rings. The second kappa shape index (κ2) is 10.8. The van der Waals surface area contributed by atoms with Crippen molar-refractivity contribution in [1.29, 1.82) is 0 Å². The van der Waals surface area contributed by atoms with E-state index < -0.39 is 11.8 Å². The van der Waals surface area contributed by atoms with Gasteiger partial charge in [0.05, 0.1) is 38.2 Å². The summed E-state index contributed by atoms with van der Waals surface area (Å²) in [7, 11) is 0. The summed E-state index contributed by atoms with van der Waals surface area (Å²) in [5.74, 6) is -1.00. The maximum atomic E-state index is 13.7. The topological polar surface area (TPSA) is 131 Å². The number of aliphatic hydroxyl groups excluding tert-OH is 1. The number of primary amides is 1. The van der Waals surface area contributed by atoms with Crippen LogP contribution in [0.4, 0.5) is 5.13 Å². The minimum atomic E-state index is -0.726. The molecule has 37 heavy (non-hydrogen) atoms. The molecule has 2 amide bonds. The van der Waals surface area contributed by atoms with Crippen molar-refractivity contribution in [3.8, 4) is 5.75 Å². The number of hydrogen-bond acceptors (Lipinski definition) is 9. The van der Waals surface area contributed by atoms with Crippen molar-refractivity contribution >= 4 is 70.8 Å². The predicted molar refractivity (Wildman–Crippen MR) is 148 cm³/mol. The van der Waals surface area contributed by atoms with E-state index in [-0.39, 0.29) is 30.1 Å². The van der Waals surface area contributed by atoms with Gasteiger partial charge in [-0.25, -0.2) is 9.97 Å². The molecule has 0 radical (unpaired) electrons. The van der Waals surface area contributed by atoms with Crippen LogP contribution in [0.5, 0.6) is 5.75 Å². The molecular weight excluding hydrogens is 510 g/mol. The molecule has 5 rings (SSSR count). The van der Waals surface area contributed by atoms with Crippen LogP contribution in [0.3, 0.4) is 0 Å². The molecule has 0 aliphatic carbocycles. The summed E-state index contributed by atoms with van der Waals surface area (Å²) in [6.07, 6.45) is 0. The first kappa shape index (κ1) is 25.0. The first-order valence-corrected chi connectivity index (χ1v) is 13.5. The lowest BCUT2D eigenvalue weighted by Gasteiger charge is -2.21. The van der Waals surface area contributed by atoms with E-state index >= 15 is 0 Å². The number of likely N-dealkylation sites (N-methyl/N-ethyl adjacent to an activating group) is 1. The van der Waals surface area contributed by atoms with Crippen LogP contribution < -0.4 is 15.8 Å². The number of rotatable bonds is 10. The number of benzene rings is 3. The normalized spacial score (nSPS) is 11.5. The highest BCUT2D eigenvalue weighted by atomic mass is 32.1. The quantitative estimate of drug-likeness (QED) is 0.245. The van der Waals surface area contributed by atoms with Gasteiger partial charge in [-0.15, -0.1) is 11.3 Å². The Morgan fingerprint density at radius 2 is 2.00 bits per heavy atom. The summed E-state index contributed by atoms with van der Waals surface area (Å²) in [6, 6.07) is 12.8. The first-order valence-electron chi connectivity index (χ1n) is 11.8. The van der Waals surface area contributed by atoms with E-state index in [1.54, 1.807) is 23.7 Å². The maximum absolute atomic E-state index is 13.7. The number of aliphatic hydroxyl groups is 1. The van der Waals surface area contributed by atoms with Crippen molar-refractivity contribution in [2.45, 2.75) is 6.92 Å². The van der Waals surface area contributed by atoms with Gasteiger partial charge in [0.2, 0.25) is 5.91 Å². The monoisotopic (exact) mass is 535 g/mol. The molecule has 0 atom stereocenters. The number of thiazole rings is 2. The lowest BCUT2D eigenvalue weighted by molar-refractivity contribution is 0.0975. The molecule has 190 valence electrons. The molecule has 0 saturated heterocycles. The number of anilines is 1. The van der Waals surface area contributed by atoms with Crippen LogP contribution in [0, 0.1) is 0 Å². The number of carbonyl (C=O) groups is 2. The van der Waals surface area contributed by atoms with Gasteiger partial charge in [0.25, 0.3) is 5.91 Å². The largest absolute Gasteiger partial charge is 0.491 e. The van der Waals surface area contributed by atoms with E-state index in [4.69, 9.17) is 10.5 Å². The SMILES string of the molecule is CCN(CCO)CCOc1cc2ccccc2c(C(N)=O)c1C(=O)Nc1nc2ccc3scnc3c2s1. The van der Waals surface area contributed by atoms with Crippen LogP contribution >= 0.6 is 22.7 Å². The van der Waals surface area contributed by atoms with Crippen molar-refractivity contribution in [1.82, 2.24) is 14.9 Å². The Morgan fingerprint density at radius 3 is 2.78 bits per heavy atom. The molecule has 0 aliphatic heterocycles. The molecule has 11 heteroatoms. The van der Waals surface area contributed by atoms with E-state index in [1.165, 1.54) is 22.7 Å². The van der Waals surface area contributed by atoms with Crippen LogP contribution in [0.1, 0.15) is 27.6 Å². The van der Waals surface area contributed by atoms with Gasteiger partial charge in [-0.3, -0.25) is 19.8 Å². The van der Waals surface area contributed by atoms with E-state index in [0.29, 0.717) is 23.6 Å². The molecular formula is C26H25N5O4S2. The highest BCUT2D eigenvalue weighted by Gasteiger charge is 2.25. The smallest absolute Gasteiger partial charge is 0.262 e. The number of nitrogens with zero attached hydrogens (tertiary/aromatic N) is 3. The number of amides is 2. The molecule has 9 nitrogen and oxygen atoms in total. The van der Waals surface area contributed by atoms with Gasteiger partial charge in [-0.05, 0) is 35.5 Å². The van der Waals surface area contributed by atoms with E-state index in [9.17, 15) is 14.7 Å². The van der Waals surface area contributed by atoms with Crippen LogP contribution in [0.15, 0.2) is 48.0 Å². The molecule has 0 aliphatic rings. The lowest BCUT2D eigenvalue weighted by atomic mass is 9.96. The number of carbonyl (C=O) groups excluding carboxylic acids is 2. The van der Waals surface area contributed by atoms with Gasteiger partial charge in [-0.2, -0.15) is 0 Å². The van der Waals surface area contributed by atoms with Crippen molar-refractivity contribution in [2.24, 2.45) is 5.73 Å². The summed E-state index contributed by atoms with van der Waals surface area (Å²) in [5, 5.41) is 13.8. The fraction of sp³-hybridized carbons (Fsp3) is 0.231. The Bertz CT molecular complexity index is 1610. The number of aromatic nitrogens is 2. The zero-order valence-electron chi connectivity index (χ0n) is 20.1. The fourth-order valence-corrected chi connectivity index (χ4v) is 6.01. The Labute approximate surface area is 220 Å². The zero-order valence-corrected chi connectivity index (χ0v) is 21.7. The standard InChI is InChI=1S/C26H25N5O4S2/c1-2-31(9-11-32)10-12-35-18-13-15-5-3-4-6-16(15)20(24(27)33)21(18)25(34)30-26-29-17-7-8-19-22(23(17)37-26)28-14-36-19/h3-8,13-14,32H,2,9-12H2,1H3,(H2,27,33)(H,29,30,34). The molecule has 0 bridgehead atoms. The molecule has 3 aromatic carbocycles. The molecule has 2 heterocycles. The Kier molecular flexibility index (Phi) is 7.28. The highest BCUT2D eigenvalue weighted by molar-refractivity contribution is 7.24. The third-order valence-corrected chi connectivity index (χ3v) is 7.88. The van der Waals surface area contributed by atoms with Crippen molar-refractivity contribution < 1.29 is 19.4 Å². The zero-order chi connectivity index (χ0) is 25.9. The van der Waals surface area contributed by atoms with Gasteiger partial charge in [0.15, 0.2) is 5.13 Å². The number of hydrogen-bond donors (Lipinski definition) is 3. The van der Waals surface area contributed by atoms with E-state index in [1.807, 2.05) is 36.1 Å². The Balaban J connectivity index is 1.53. The molecule has 5 aromatic rings. The van der Waals surface area contributed by atoms with Crippen molar-refractivity contribution in [3.63, 3.8) is 0 Å². The maximum Gasteiger partial charge on any atom is 0.262 e. The number of nitrogens with two attached hydrogens (primary N) is 1. The van der Waals surface area contributed by atoms with E-state index in [2.05, 4.69) is 15.3 Å². The van der Waals surface area contributed by atoms with Gasteiger partial charge in [0.1, 0.15) is 17.9 Å². The highest BCUT2D eigenvalue weighted by Crippen LogP contribution is 2.35. The van der Waals surface area contributed by atoms with Gasteiger partial charge < -0.3 is 15.6 Å². The molecule has 0 unspecified atom stereocenters. The predicted octanol–water partition coefficient (Wildman–Crippen LogP) is 4.10. The van der Waals surface area contributed by atoms with Gasteiger partial charge in [0, 0.05) is 13.1 Å². The van der Waals surface area contributed by atoms with Crippen LogP contribution in [-0.4, -0.2) is 64.6 Å². The van der Waals surface area contributed by atoms with Crippen molar-refractivity contribution in [3.05, 3.63) is 59.1 Å². The molecule has 4 N–H and O–H groups in total. The molecule has 0 spiro atoms. The number of ether oxygens (including phenoxy) is 1. The summed E-state index contributed by atoms with van der Waals surface area (Å²) in [5.41, 5.74) is 9.31. The second-order valence-electron chi connectivity index (χ2n) is 8.30. The van der Waals surface area contributed by atoms with Crippen LogP contribution in [-0.2, 0) is 0 Å². The summed E-state index contributed by atoms with van der Waals surface area (Å²) in [6.45, 7) is 4.09. The minimum absolute atomic E-state index is 0.0403. The number of fused-ring (bicyclic) bond motifs is 4. The Morgan fingerprint density at radius 1 is 1.16 bits per heavy atom. The Hall–Kier alpha value is -3.64. The third-order valence-electron chi connectivity index (χ3n) is 6.09. The van der Waals surface area contributed by atoms with Gasteiger partial charge >= 0.3 is 0 Å². The third kappa shape index (κ3) is 4.98. The summed E-state index contributed by atoms with van der Waals surface area (Å²) >= 11 is 2.86. The van der Waals surface area contributed by atoms with E-state index in [0.717, 1.165) is 32.4 Å². The number of nitrogens with one attached hydrogen (secondary N) is 1. The second-order valence-corrected chi connectivity index (χ2v) is 10.2. The summed E-state index contributed by atoms with van der Waals surface area (Å²) in [4.78, 5) is 37.3. The fourth-order valence-electron chi connectivity index (χ4n) is 4.30. The summed E-state index contributed by atoms with van der Waals surface area (Å²) < 4.78 is 7.98. The van der Waals surface area contributed by atoms with Crippen molar-refractivity contribution in [2.75, 3.05) is 38.2 Å². The first-order chi connectivity index (χ1) is 18.0. The molecule has 0 saturated carbocycles. The molecule has 2 aromatic heterocycles. The average molecular weight is 536 g/mol. The lowest BCUT2D eigenvalue weighted by Crippen LogP contribution is -2.31. The van der Waals surface area contributed by atoms with Crippen LogP contribution in [0.25, 0.3) is 31.2 Å². The van der Waals surface area contributed by atoms with Crippen LogP contribution in [0.2, 0.25) is 0 Å². The van der Waals surface area contributed by atoms with Gasteiger partial charge in [-0.1, -0.05) is 42.5 Å². The minimum Gasteiger partial charge on any atom is -0.491 e.